The number of nitrogens with one attached hydrogen (secondary N) is 2. The van der Waals surface area contributed by atoms with Crippen molar-refractivity contribution < 1.29 is 4.79 Å². The Morgan fingerprint density at radius 1 is 1.31 bits per heavy atom. The molecule has 1 aliphatic rings. The van der Waals surface area contributed by atoms with Crippen molar-refractivity contribution in [3.63, 3.8) is 0 Å². The van der Waals surface area contributed by atoms with E-state index in [0.29, 0.717) is 23.7 Å². The molecule has 0 spiro atoms. The van der Waals surface area contributed by atoms with Gasteiger partial charge in [-0.25, -0.2) is 0 Å². The zero-order chi connectivity index (χ0) is 18.7. The molecule has 0 atom stereocenters. The third-order valence-corrected chi connectivity index (χ3v) is 5.74. The lowest BCUT2D eigenvalue weighted by Gasteiger charge is -2.34. The minimum absolute atomic E-state index is 0.0369. The maximum Gasteiger partial charge on any atom is 0.255 e. The minimum Gasteiger partial charge on any atom is -0.351 e. The summed E-state index contributed by atoms with van der Waals surface area (Å²) in [6.45, 7) is 9.36. The van der Waals surface area contributed by atoms with E-state index in [4.69, 9.17) is 11.6 Å². The SMILES string of the molecule is Cc1nn(Cc2ccccc2Cl)c(C)c1C(=O)NCC1(C)CCNCC1. The van der Waals surface area contributed by atoms with Gasteiger partial charge in [0.05, 0.1) is 17.8 Å². The lowest BCUT2D eigenvalue weighted by molar-refractivity contribution is 0.0921. The van der Waals surface area contributed by atoms with Crippen LogP contribution in [0.3, 0.4) is 0 Å². The molecule has 1 aromatic heterocycles. The Kier molecular flexibility index (Phi) is 5.68. The second kappa shape index (κ2) is 7.80. The number of hydrogen-bond donors (Lipinski definition) is 2. The number of aryl methyl sites for hydroxylation is 1. The van der Waals surface area contributed by atoms with E-state index >= 15 is 0 Å². The van der Waals surface area contributed by atoms with Crippen molar-refractivity contribution in [3.8, 4) is 0 Å². The number of piperidine rings is 1. The quantitative estimate of drug-likeness (QED) is 0.844. The standard InChI is InChI=1S/C20H27ClN4O/c1-14-18(19(26)23-13-20(3)8-10-22-11-9-20)15(2)25(24-14)12-16-6-4-5-7-17(16)21/h4-7,22H,8-13H2,1-3H3,(H,23,26). The average molecular weight is 375 g/mol. The molecule has 2 heterocycles. The first-order valence-electron chi connectivity index (χ1n) is 9.16. The fourth-order valence-corrected chi connectivity index (χ4v) is 3.75. The molecule has 2 aromatic rings. The van der Waals surface area contributed by atoms with Crippen LogP contribution < -0.4 is 10.6 Å². The van der Waals surface area contributed by atoms with Gasteiger partial charge < -0.3 is 10.6 Å². The van der Waals surface area contributed by atoms with Crippen LogP contribution in [0.2, 0.25) is 5.02 Å². The molecule has 2 N–H and O–H groups in total. The number of carbonyl (C=O) groups excluding carboxylic acids is 1. The molecule has 0 unspecified atom stereocenters. The smallest absolute Gasteiger partial charge is 0.255 e. The number of nitrogens with zero attached hydrogens (tertiary/aromatic N) is 2. The van der Waals surface area contributed by atoms with Gasteiger partial charge in [0, 0.05) is 17.3 Å². The average Bonchev–Trinajstić information content (AvgIpc) is 2.89. The Balaban J connectivity index is 1.73. The van der Waals surface area contributed by atoms with E-state index in [0.717, 1.165) is 42.9 Å². The van der Waals surface area contributed by atoms with E-state index < -0.39 is 0 Å². The van der Waals surface area contributed by atoms with Gasteiger partial charge in [0.2, 0.25) is 0 Å². The fraction of sp³-hybridized carbons (Fsp3) is 0.500. The summed E-state index contributed by atoms with van der Waals surface area (Å²) in [6, 6.07) is 7.72. The van der Waals surface area contributed by atoms with E-state index in [1.165, 1.54) is 0 Å². The molecule has 1 fully saturated rings. The van der Waals surface area contributed by atoms with Gasteiger partial charge in [-0.05, 0) is 56.8 Å². The van der Waals surface area contributed by atoms with Gasteiger partial charge in [0.15, 0.2) is 0 Å². The maximum atomic E-state index is 12.8. The summed E-state index contributed by atoms with van der Waals surface area (Å²) >= 11 is 6.26. The molecule has 6 heteroatoms. The summed E-state index contributed by atoms with van der Waals surface area (Å²) in [6.07, 6.45) is 2.16. The molecule has 0 radical (unpaired) electrons. The predicted octanol–water partition coefficient (Wildman–Crippen LogP) is 3.32. The Labute approximate surface area is 160 Å². The lowest BCUT2D eigenvalue weighted by atomic mass is 9.81. The van der Waals surface area contributed by atoms with Crippen molar-refractivity contribution in [2.45, 2.75) is 40.2 Å². The fourth-order valence-electron chi connectivity index (χ4n) is 3.56. The molecule has 0 aliphatic carbocycles. The zero-order valence-corrected chi connectivity index (χ0v) is 16.5. The Hall–Kier alpha value is -1.85. The molecule has 1 saturated heterocycles. The van der Waals surface area contributed by atoms with E-state index in [9.17, 15) is 4.79 Å². The summed E-state index contributed by atoms with van der Waals surface area (Å²) in [5.41, 5.74) is 3.46. The summed E-state index contributed by atoms with van der Waals surface area (Å²) in [7, 11) is 0. The first-order chi connectivity index (χ1) is 12.4. The third-order valence-electron chi connectivity index (χ3n) is 5.37. The highest BCUT2D eigenvalue weighted by Gasteiger charge is 2.28. The summed E-state index contributed by atoms with van der Waals surface area (Å²) in [5.74, 6) is -0.0369. The van der Waals surface area contributed by atoms with Crippen molar-refractivity contribution >= 4 is 17.5 Å². The van der Waals surface area contributed by atoms with Crippen LogP contribution >= 0.6 is 11.6 Å². The van der Waals surface area contributed by atoms with Crippen LogP contribution in [0.25, 0.3) is 0 Å². The normalized spacial score (nSPS) is 16.5. The number of halogens is 1. The molecule has 1 amide bonds. The molecule has 0 saturated carbocycles. The van der Waals surface area contributed by atoms with Crippen LogP contribution in [-0.4, -0.2) is 35.3 Å². The molecule has 0 bridgehead atoms. The number of hydrogen-bond acceptors (Lipinski definition) is 3. The number of amides is 1. The van der Waals surface area contributed by atoms with Crippen LogP contribution in [0.15, 0.2) is 24.3 Å². The highest BCUT2D eigenvalue weighted by atomic mass is 35.5. The van der Waals surface area contributed by atoms with Crippen molar-refractivity contribution in [2.75, 3.05) is 19.6 Å². The molecule has 1 aliphatic heterocycles. The van der Waals surface area contributed by atoms with Crippen LogP contribution in [0.1, 0.15) is 47.1 Å². The Bertz CT molecular complexity index is 793. The van der Waals surface area contributed by atoms with Crippen molar-refractivity contribution in [2.24, 2.45) is 5.41 Å². The number of carbonyl (C=O) groups is 1. The van der Waals surface area contributed by atoms with Crippen molar-refractivity contribution in [3.05, 3.63) is 51.8 Å². The van der Waals surface area contributed by atoms with Gasteiger partial charge in [0.1, 0.15) is 0 Å². The third kappa shape index (κ3) is 4.10. The van der Waals surface area contributed by atoms with Gasteiger partial charge in [-0.1, -0.05) is 36.7 Å². The molecule has 140 valence electrons. The van der Waals surface area contributed by atoms with E-state index in [1.807, 2.05) is 42.8 Å². The largest absolute Gasteiger partial charge is 0.351 e. The zero-order valence-electron chi connectivity index (χ0n) is 15.7. The van der Waals surface area contributed by atoms with Crippen LogP contribution in [0.4, 0.5) is 0 Å². The number of benzene rings is 1. The monoisotopic (exact) mass is 374 g/mol. The highest BCUT2D eigenvalue weighted by molar-refractivity contribution is 6.31. The minimum atomic E-state index is -0.0369. The van der Waals surface area contributed by atoms with Crippen LogP contribution in [0.5, 0.6) is 0 Å². The van der Waals surface area contributed by atoms with E-state index in [-0.39, 0.29) is 11.3 Å². The van der Waals surface area contributed by atoms with Gasteiger partial charge in [0.25, 0.3) is 5.91 Å². The second-order valence-corrected chi connectivity index (χ2v) is 7.95. The maximum absolute atomic E-state index is 12.8. The van der Waals surface area contributed by atoms with Gasteiger partial charge in [-0.2, -0.15) is 5.10 Å². The van der Waals surface area contributed by atoms with E-state index in [1.54, 1.807) is 0 Å². The van der Waals surface area contributed by atoms with Gasteiger partial charge in [-0.15, -0.1) is 0 Å². The van der Waals surface area contributed by atoms with Gasteiger partial charge in [-0.3, -0.25) is 9.48 Å². The Morgan fingerprint density at radius 2 is 2.00 bits per heavy atom. The summed E-state index contributed by atoms with van der Waals surface area (Å²) in [5, 5.41) is 11.8. The second-order valence-electron chi connectivity index (χ2n) is 7.54. The molecular weight excluding hydrogens is 348 g/mol. The lowest BCUT2D eigenvalue weighted by Crippen LogP contribution is -2.43. The number of rotatable bonds is 5. The van der Waals surface area contributed by atoms with Crippen molar-refractivity contribution in [1.82, 2.24) is 20.4 Å². The molecule has 3 rings (SSSR count). The Morgan fingerprint density at radius 3 is 2.69 bits per heavy atom. The first kappa shape index (κ1) is 18.9. The summed E-state index contributed by atoms with van der Waals surface area (Å²) in [4.78, 5) is 12.8. The molecule has 1 aromatic carbocycles. The first-order valence-corrected chi connectivity index (χ1v) is 9.54. The van der Waals surface area contributed by atoms with Crippen molar-refractivity contribution in [1.29, 1.82) is 0 Å². The molecule has 26 heavy (non-hydrogen) atoms. The van der Waals surface area contributed by atoms with E-state index in [2.05, 4.69) is 22.7 Å². The highest BCUT2D eigenvalue weighted by Crippen LogP contribution is 2.27. The molecular formula is C20H27ClN4O. The van der Waals surface area contributed by atoms with Crippen LogP contribution in [0, 0.1) is 19.3 Å². The summed E-state index contributed by atoms with van der Waals surface area (Å²) < 4.78 is 1.86. The van der Waals surface area contributed by atoms with Gasteiger partial charge >= 0.3 is 0 Å². The number of aromatic nitrogens is 2. The molecule has 5 nitrogen and oxygen atoms in total. The van der Waals surface area contributed by atoms with Crippen LogP contribution in [-0.2, 0) is 6.54 Å². The topological polar surface area (TPSA) is 59.0 Å². The predicted molar refractivity (Wildman–Crippen MR) is 105 cm³/mol.